The van der Waals surface area contributed by atoms with Crippen molar-refractivity contribution in [2.24, 2.45) is 5.73 Å². The second-order valence-electron chi connectivity index (χ2n) is 4.22. The van der Waals surface area contributed by atoms with Crippen molar-refractivity contribution >= 4 is 23.1 Å². The maximum Gasteiger partial charge on any atom is 0.251 e. The standard InChI is InChI=1S/C13H15N5OS/c14-12(20)10-3-1-4-11(9-10)13(19)15-5-2-7-18-8-6-16-17-18/h1,3-4,6,8-9H,2,5,7H2,(H2,14,20)(H,15,19). The van der Waals surface area contributed by atoms with Crippen molar-refractivity contribution in [2.75, 3.05) is 6.54 Å². The first-order chi connectivity index (χ1) is 9.66. The molecule has 0 unspecified atom stereocenters. The molecule has 0 spiro atoms. The van der Waals surface area contributed by atoms with Crippen LogP contribution in [0, 0.1) is 0 Å². The van der Waals surface area contributed by atoms with Crippen molar-refractivity contribution < 1.29 is 4.79 Å². The molecule has 0 bridgehead atoms. The molecule has 1 amide bonds. The largest absolute Gasteiger partial charge is 0.389 e. The van der Waals surface area contributed by atoms with E-state index < -0.39 is 0 Å². The molecule has 0 atom stereocenters. The summed E-state index contributed by atoms with van der Waals surface area (Å²) in [6.45, 7) is 1.28. The Morgan fingerprint density at radius 3 is 2.90 bits per heavy atom. The number of benzene rings is 1. The predicted octanol–water partition coefficient (Wildman–Crippen LogP) is 0.732. The van der Waals surface area contributed by atoms with Gasteiger partial charge in [0, 0.05) is 30.4 Å². The van der Waals surface area contributed by atoms with E-state index in [4.69, 9.17) is 18.0 Å². The van der Waals surface area contributed by atoms with Crippen LogP contribution in [-0.2, 0) is 6.54 Å². The monoisotopic (exact) mass is 289 g/mol. The van der Waals surface area contributed by atoms with Crippen LogP contribution < -0.4 is 11.1 Å². The fourth-order valence-corrected chi connectivity index (χ4v) is 1.84. The third-order valence-corrected chi connectivity index (χ3v) is 2.97. The van der Waals surface area contributed by atoms with Crippen LogP contribution in [0.2, 0.25) is 0 Å². The van der Waals surface area contributed by atoms with E-state index in [0.717, 1.165) is 6.42 Å². The van der Waals surface area contributed by atoms with E-state index in [1.807, 2.05) is 0 Å². The molecule has 0 fully saturated rings. The molecule has 3 N–H and O–H groups in total. The van der Waals surface area contributed by atoms with Crippen LogP contribution in [0.1, 0.15) is 22.3 Å². The number of thiocarbonyl (C=S) groups is 1. The van der Waals surface area contributed by atoms with Gasteiger partial charge >= 0.3 is 0 Å². The molecule has 104 valence electrons. The molecule has 0 radical (unpaired) electrons. The van der Waals surface area contributed by atoms with Crippen LogP contribution >= 0.6 is 12.2 Å². The molecule has 0 saturated heterocycles. The number of rotatable bonds is 6. The molecule has 6 nitrogen and oxygen atoms in total. The predicted molar refractivity (Wildman–Crippen MR) is 79.3 cm³/mol. The highest BCUT2D eigenvalue weighted by Crippen LogP contribution is 2.05. The number of nitrogens with one attached hydrogen (secondary N) is 1. The number of carbonyl (C=O) groups is 1. The highest BCUT2D eigenvalue weighted by Gasteiger charge is 2.06. The highest BCUT2D eigenvalue weighted by molar-refractivity contribution is 7.80. The Bertz CT molecular complexity index is 597. The Morgan fingerprint density at radius 1 is 1.40 bits per heavy atom. The van der Waals surface area contributed by atoms with E-state index in [1.54, 1.807) is 41.3 Å². The minimum Gasteiger partial charge on any atom is -0.389 e. The fraction of sp³-hybridized carbons (Fsp3) is 0.231. The van der Waals surface area contributed by atoms with Gasteiger partial charge in [-0.2, -0.15) is 0 Å². The third kappa shape index (κ3) is 3.86. The van der Waals surface area contributed by atoms with Crippen molar-refractivity contribution in [3.05, 3.63) is 47.8 Å². The zero-order valence-corrected chi connectivity index (χ0v) is 11.6. The average Bonchev–Trinajstić information content (AvgIpc) is 2.96. The average molecular weight is 289 g/mol. The van der Waals surface area contributed by atoms with Gasteiger partial charge in [-0.3, -0.25) is 9.48 Å². The summed E-state index contributed by atoms with van der Waals surface area (Å²) in [6.07, 6.45) is 4.19. The Kier molecular flexibility index (Phi) is 4.78. The maximum atomic E-state index is 12.0. The van der Waals surface area contributed by atoms with Crippen LogP contribution in [0.15, 0.2) is 36.7 Å². The fourth-order valence-electron chi connectivity index (χ4n) is 1.71. The molecule has 0 aliphatic rings. The van der Waals surface area contributed by atoms with Gasteiger partial charge in [0.05, 0.1) is 6.20 Å². The number of aromatic nitrogens is 3. The van der Waals surface area contributed by atoms with Gasteiger partial charge in [-0.1, -0.05) is 29.6 Å². The first kappa shape index (κ1) is 14.1. The molecule has 0 saturated carbocycles. The van der Waals surface area contributed by atoms with Crippen molar-refractivity contribution in [3.63, 3.8) is 0 Å². The van der Waals surface area contributed by atoms with Crippen LogP contribution in [0.25, 0.3) is 0 Å². The highest BCUT2D eigenvalue weighted by atomic mass is 32.1. The number of hydrogen-bond acceptors (Lipinski definition) is 4. The van der Waals surface area contributed by atoms with E-state index in [2.05, 4.69) is 15.6 Å². The minimum absolute atomic E-state index is 0.137. The van der Waals surface area contributed by atoms with Crippen molar-refractivity contribution in [1.29, 1.82) is 0 Å². The van der Waals surface area contributed by atoms with Gasteiger partial charge in [0.15, 0.2) is 0 Å². The zero-order chi connectivity index (χ0) is 14.4. The van der Waals surface area contributed by atoms with Crippen LogP contribution in [0.4, 0.5) is 0 Å². The number of nitrogens with zero attached hydrogens (tertiary/aromatic N) is 3. The van der Waals surface area contributed by atoms with Crippen molar-refractivity contribution in [1.82, 2.24) is 20.3 Å². The van der Waals surface area contributed by atoms with E-state index in [0.29, 0.717) is 24.2 Å². The second-order valence-corrected chi connectivity index (χ2v) is 4.66. The van der Waals surface area contributed by atoms with E-state index in [9.17, 15) is 4.79 Å². The molecule has 0 aliphatic heterocycles. The zero-order valence-electron chi connectivity index (χ0n) is 10.8. The van der Waals surface area contributed by atoms with Gasteiger partial charge in [0.2, 0.25) is 0 Å². The lowest BCUT2D eigenvalue weighted by atomic mass is 10.1. The van der Waals surface area contributed by atoms with E-state index >= 15 is 0 Å². The van der Waals surface area contributed by atoms with Gasteiger partial charge in [-0.15, -0.1) is 5.10 Å². The first-order valence-electron chi connectivity index (χ1n) is 6.19. The van der Waals surface area contributed by atoms with Crippen molar-refractivity contribution in [3.8, 4) is 0 Å². The Labute approximate surface area is 122 Å². The summed E-state index contributed by atoms with van der Waals surface area (Å²) in [4.78, 5) is 12.2. The van der Waals surface area contributed by atoms with Gasteiger partial charge in [-0.25, -0.2) is 0 Å². The number of carbonyl (C=O) groups excluding carboxylic acids is 1. The smallest absolute Gasteiger partial charge is 0.251 e. The molecular weight excluding hydrogens is 274 g/mol. The second kappa shape index (κ2) is 6.76. The number of hydrogen-bond donors (Lipinski definition) is 2. The first-order valence-corrected chi connectivity index (χ1v) is 6.60. The molecule has 0 aliphatic carbocycles. The Hall–Kier alpha value is -2.28. The lowest BCUT2D eigenvalue weighted by Crippen LogP contribution is -2.25. The number of amides is 1. The molecule has 1 aromatic carbocycles. The molecule has 20 heavy (non-hydrogen) atoms. The lowest BCUT2D eigenvalue weighted by molar-refractivity contribution is 0.0952. The van der Waals surface area contributed by atoms with Crippen LogP contribution in [0.3, 0.4) is 0 Å². The third-order valence-electron chi connectivity index (χ3n) is 2.73. The Balaban J connectivity index is 1.82. The molecule has 7 heteroatoms. The molecule has 1 aromatic heterocycles. The molecular formula is C13H15N5OS. The summed E-state index contributed by atoms with van der Waals surface area (Å²) < 4.78 is 1.72. The topological polar surface area (TPSA) is 85.8 Å². The summed E-state index contributed by atoms with van der Waals surface area (Å²) in [5.74, 6) is -0.137. The summed E-state index contributed by atoms with van der Waals surface area (Å²) >= 11 is 4.89. The Morgan fingerprint density at radius 2 is 2.20 bits per heavy atom. The van der Waals surface area contributed by atoms with Gasteiger partial charge in [-0.05, 0) is 18.6 Å². The van der Waals surface area contributed by atoms with Gasteiger partial charge in [0.25, 0.3) is 5.91 Å². The van der Waals surface area contributed by atoms with Crippen LogP contribution in [-0.4, -0.2) is 32.4 Å². The summed E-state index contributed by atoms with van der Waals surface area (Å²) in [5.41, 5.74) is 6.78. The summed E-state index contributed by atoms with van der Waals surface area (Å²) in [6, 6.07) is 6.96. The van der Waals surface area contributed by atoms with Gasteiger partial charge < -0.3 is 11.1 Å². The lowest BCUT2D eigenvalue weighted by Gasteiger charge is -2.06. The number of nitrogens with two attached hydrogens (primary N) is 1. The van der Waals surface area contributed by atoms with E-state index in [-0.39, 0.29) is 10.9 Å². The SMILES string of the molecule is NC(=S)c1cccc(C(=O)NCCCn2ccnn2)c1. The van der Waals surface area contributed by atoms with Crippen molar-refractivity contribution in [2.45, 2.75) is 13.0 Å². The molecule has 2 aromatic rings. The summed E-state index contributed by atoms with van der Waals surface area (Å²) in [5, 5.41) is 10.4. The van der Waals surface area contributed by atoms with Gasteiger partial charge in [0.1, 0.15) is 4.99 Å². The maximum absolute atomic E-state index is 12.0. The minimum atomic E-state index is -0.137. The number of aryl methyl sites for hydroxylation is 1. The molecule has 2 rings (SSSR count). The summed E-state index contributed by atoms with van der Waals surface area (Å²) in [7, 11) is 0. The normalized spacial score (nSPS) is 10.2. The molecule has 1 heterocycles. The van der Waals surface area contributed by atoms with E-state index in [1.165, 1.54) is 0 Å². The van der Waals surface area contributed by atoms with Crippen LogP contribution in [0.5, 0.6) is 0 Å². The quantitative estimate of drug-likeness (QED) is 0.605.